The number of aromatic hydroxyl groups is 1. The largest absolute Gasteiger partial charge is 0.508 e. The first kappa shape index (κ1) is 15.3. The number of hydrogen-bond donors (Lipinski definition) is 2. The first-order valence-corrected chi connectivity index (χ1v) is 6.96. The molecule has 1 unspecified atom stereocenters. The van der Waals surface area contributed by atoms with Crippen molar-refractivity contribution in [2.24, 2.45) is 0 Å². The van der Waals surface area contributed by atoms with Crippen LogP contribution in [0.3, 0.4) is 0 Å². The van der Waals surface area contributed by atoms with Gasteiger partial charge in [-0.2, -0.15) is 0 Å². The Bertz CT molecular complexity index is 538. The number of ether oxygens (including phenoxy) is 1. The van der Waals surface area contributed by atoms with E-state index in [-0.39, 0.29) is 17.6 Å². The molecule has 1 aliphatic rings. The third kappa shape index (κ3) is 3.72. The molecule has 0 saturated carbocycles. The minimum absolute atomic E-state index is 0.0646. The first-order chi connectivity index (χ1) is 9.99. The summed E-state index contributed by atoms with van der Waals surface area (Å²) in [7, 11) is 0. The summed E-state index contributed by atoms with van der Waals surface area (Å²) in [6.07, 6.45) is 0. The van der Waals surface area contributed by atoms with Crippen LogP contribution >= 0.6 is 0 Å². The van der Waals surface area contributed by atoms with Gasteiger partial charge in [-0.05, 0) is 31.5 Å². The van der Waals surface area contributed by atoms with Gasteiger partial charge in [0, 0.05) is 18.7 Å². The van der Waals surface area contributed by atoms with Gasteiger partial charge in [-0.25, -0.2) is 0 Å². The summed E-state index contributed by atoms with van der Waals surface area (Å²) in [5.41, 5.74) is 1.03. The lowest BCUT2D eigenvalue weighted by atomic mass is 10.1. The van der Waals surface area contributed by atoms with Crippen LogP contribution in [0.5, 0.6) is 5.75 Å². The summed E-state index contributed by atoms with van der Waals surface area (Å²) in [5.74, 6) is -0.433. The molecule has 2 amide bonds. The van der Waals surface area contributed by atoms with E-state index in [9.17, 15) is 14.7 Å². The van der Waals surface area contributed by atoms with E-state index >= 15 is 0 Å². The number of nitrogens with one attached hydrogen (secondary N) is 1. The van der Waals surface area contributed by atoms with Gasteiger partial charge >= 0.3 is 0 Å². The van der Waals surface area contributed by atoms with Gasteiger partial charge < -0.3 is 20.1 Å². The van der Waals surface area contributed by atoms with E-state index in [4.69, 9.17) is 4.74 Å². The molecular formula is C15H20N2O4. The van der Waals surface area contributed by atoms with Crippen LogP contribution in [0, 0.1) is 6.92 Å². The standard InChI is InChI=1S/C15H20N2O4/c1-10-3-4-12(9-13(10)18)14(19)16-11(2)15(20)17-5-7-21-8-6-17/h3-4,9,11,18H,5-8H2,1-2H3,(H,16,19). The number of carbonyl (C=O) groups excluding carboxylic acids is 2. The Morgan fingerprint density at radius 1 is 1.33 bits per heavy atom. The number of nitrogens with zero attached hydrogens (tertiary/aromatic N) is 1. The molecule has 114 valence electrons. The van der Waals surface area contributed by atoms with E-state index < -0.39 is 6.04 Å². The van der Waals surface area contributed by atoms with Gasteiger partial charge in [0.25, 0.3) is 5.91 Å². The van der Waals surface area contributed by atoms with Crippen molar-refractivity contribution in [3.8, 4) is 5.75 Å². The van der Waals surface area contributed by atoms with Crippen molar-refractivity contribution in [2.75, 3.05) is 26.3 Å². The van der Waals surface area contributed by atoms with Crippen LogP contribution in [0.1, 0.15) is 22.8 Å². The molecule has 0 spiro atoms. The number of phenols is 1. The van der Waals surface area contributed by atoms with Crippen LogP contribution in [-0.4, -0.2) is 54.2 Å². The van der Waals surface area contributed by atoms with Crippen molar-refractivity contribution in [1.29, 1.82) is 0 Å². The Labute approximate surface area is 123 Å². The average molecular weight is 292 g/mol. The summed E-state index contributed by atoms with van der Waals surface area (Å²) in [5, 5.41) is 12.3. The lowest BCUT2D eigenvalue weighted by Crippen LogP contribution is -2.50. The van der Waals surface area contributed by atoms with Crippen molar-refractivity contribution in [2.45, 2.75) is 19.9 Å². The molecule has 1 saturated heterocycles. The molecule has 1 atom stereocenters. The molecular weight excluding hydrogens is 272 g/mol. The second-order valence-electron chi connectivity index (χ2n) is 5.13. The monoisotopic (exact) mass is 292 g/mol. The van der Waals surface area contributed by atoms with Gasteiger partial charge in [0.2, 0.25) is 5.91 Å². The molecule has 0 radical (unpaired) electrons. The van der Waals surface area contributed by atoms with E-state index in [1.165, 1.54) is 6.07 Å². The molecule has 6 heteroatoms. The Balaban J connectivity index is 1.97. The summed E-state index contributed by atoms with van der Waals surface area (Å²) in [4.78, 5) is 26.0. The van der Waals surface area contributed by atoms with E-state index in [1.54, 1.807) is 30.9 Å². The average Bonchev–Trinajstić information content (AvgIpc) is 2.50. The molecule has 0 aromatic heterocycles. The zero-order chi connectivity index (χ0) is 15.4. The SMILES string of the molecule is Cc1ccc(C(=O)NC(C)C(=O)N2CCOCC2)cc1O. The van der Waals surface area contributed by atoms with E-state index in [0.717, 1.165) is 0 Å². The van der Waals surface area contributed by atoms with Crippen molar-refractivity contribution >= 4 is 11.8 Å². The highest BCUT2D eigenvalue weighted by atomic mass is 16.5. The van der Waals surface area contributed by atoms with Crippen LogP contribution in [-0.2, 0) is 9.53 Å². The topological polar surface area (TPSA) is 78.9 Å². The van der Waals surface area contributed by atoms with Crippen molar-refractivity contribution < 1.29 is 19.4 Å². The van der Waals surface area contributed by atoms with Crippen LogP contribution in [0.2, 0.25) is 0 Å². The zero-order valence-corrected chi connectivity index (χ0v) is 12.3. The molecule has 2 N–H and O–H groups in total. The summed E-state index contributed by atoms with van der Waals surface area (Å²) >= 11 is 0. The fourth-order valence-corrected chi connectivity index (χ4v) is 2.15. The molecule has 1 aromatic carbocycles. The molecule has 0 bridgehead atoms. The number of carbonyl (C=O) groups is 2. The second-order valence-corrected chi connectivity index (χ2v) is 5.13. The van der Waals surface area contributed by atoms with E-state index in [0.29, 0.717) is 37.4 Å². The Kier molecular flexibility index (Phi) is 4.80. The van der Waals surface area contributed by atoms with Gasteiger partial charge in [0.1, 0.15) is 11.8 Å². The fraction of sp³-hybridized carbons (Fsp3) is 0.467. The van der Waals surface area contributed by atoms with Crippen LogP contribution in [0.4, 0.5) is 0 Å². The molecule has 6 nitrogen and oxygen atoms in total. The number of morpholine rings is 1. The number of hydrogen-bond acceptors (Lipinski definition) is 4. The maximum atomic E-state index is 12.2. The molecule has 1 aromatic rings. The molecule has 0 aliphatic carbocycles. The lowest BCUT2D eigenvalue weighted by Gasteiger charge is -2.29. The van der Waals surface area contributed by atoms with Gasteiger partial charge in [-0.1, -0.05) is 6.07 Å². The number of rotatable bonds is 3. The Morgan fingerprint density at radius 2 is 2.00 bits per heavy atom. The lowest BCUT2D eigenvalue weighted by molar-refractivity contribution is -0.136. The summed E-state index contributed by atoms with van der Waals surface area (Å²) in [6, 6.07) is 4.07. The summed E-state index contributed by atoms with van der Waals surface area (Å²) in [6.45, 7) is 5.55. The maximum Gasteiger partial charge on any atom is 0.252 e. The number of benzene rings is 1. The molecule has 1 fully saturated rings. The third-order valence-corrected chi connectivity index (χ3v) is 3.51. The number of amides is 2. The van der Waals surface area contributed by atoms with E-state index in [2.05, 4.69) is 5.32 Å². The predicted molar refractivity (Wildman–Crippen MR) is 77.2 cm³/mol. The predicted octanol–water partition coefficient (Wildman–Crippen LogP) is 0.678. The minimum Gasteiger partial charge on any atom is -0.508 e. The zero-order valence-electron chi connectivity index (χ0n) is 12.3. The Hall–Kier alpha value is -2.08. The Morgan fingerprint density at radius 3 is 2.62 bits per heavy atom. The van der Waals surface area contributed by atoms with Gasteiger partial charge in [0.15, 0.2) is 0 Å². The minimum atomic E-state index is -0.612. The first-order valence-electron chi connectivity index (χ1n) is 6.96. The number of phenolic OH excluding ortho intramolecular Hbond substituents is 1. The third-order valence-electron chi connectivity index (χ3n) is 3.51. The van der Waals surface area contributed by atoms with Crippen LogP contribution in [0.25, 0.3) is 0 Å². The highest BCUT2D eigenvalue weighted by molar-refractivity contribution is 5.97. The number of aryl methyl sites for hydroxylation is 1. The molecule has 1 heterocycles. The van der Waals surface area contributed by atoms with Crippen LogP contribution in [0.15, 0.2) is 18.2 Å². The molecule has 2 rings (SSSR count). The highest BCUT2D eigenvalue weighted by Crippen LogP contribution is 2.17. The maximum absolute atomic E-state index is 12.2. The molecule has 21 heavy (non-hydrogen) atoms. The van der Waals surface area contributed by atoms with Crippen molar-refractivity contribution in [1.82, 2.24) is 10.2 Å². The van der Waals surface area contributed by atoms with Gasteiger partial charge in [-0.15, -0.1) is 0 Å². The van der Waals surface area contributed by atoms with Crippen LogP contribution < -0.4 is 5.32 Å². The normalized spacial score (nSPS) is 16.4. The van der Waals surface area contributed by atoms with Crippen molar-refractivity contribution in [3.05, 3.63) is 29.3 Å². The second kappa shape index (κ2) is 6.58. The van der Waals surface area contributed by atoms with Crippen molar-refractivity contribution in [3.63, 3.8) is 0 Å². The summed E-state index contributed by atoms with van der Waals surface area (Å²) < 4.78 is 5.20. The van der Waals surface area contributed by atoms with Gasteiger partial charge in [-0.3, -0.25) is 9.59 Å². The molecule has 1 aliphatic heterocycles. The van der Waals surface area contributed by atoms with E-state index in [1.807, 2.05) is 0 Å². The highest BCUT2D eigenvalue weighted by Gasteiger charge is 2.24. The van der Waals surface area contributed by atoms with Gasteiger partial charge in [0.05, 0.1) is 13.2 Å². The quantitative estimate of drug-likeness (QED) is 0.858. The smallest absolute Gasteiger partial charge is 0.252 e. The fourth-order valence-electron chi connectivity index (χ4n) is 2.15.